The van der Waals surface area contributed by atoms with E-state index < -0.39 is 0 Å². The molecule has 126 valence electrons. The van der Waals surface area contributed by atoms with Crippen LogP contribution < -0.4 is 10.1 Å². The SMILES string of the molecule is CCOc1ccc([C@@H]2C[C@H](NC(C)=O)[C@H]3CCC[C@@H]3O2)cc1O. The van der Waals surface area contributed by atoms with Gasteiger partial charge in [0.25, 0.3) is 0 Å². The second-order valence-corrected chi connectivity index (χ2v) is 6.46. The Kier molecular flexibility index (Phi) is 4.76. The van der Waals surface area contributed by atoms with Gasteiger partial charge in [0.2, 0.25) is 5.91 Å². The Balaban J connectivity index is 1.79. The minimum absolute atomic E-state index is 0.0100. The number of benzene rings is 1. The molecule has 1 aliphatic carbocycles. The molecule has 0 radical (unpaired) electrons. The number of fused-ring (bicyclic) bond motifs is 1. The van der Waals surface area contributed by atoms with Gasteiger partial charge >= 0.3 is 0 Å². The van der Waals surface area contributed by atoms with E-state index >= 15 is 0 Å². The third-order valence-corrected chi connectivity index (χ3v) is 4.87. The summed E-state index contributed by atoms with van der Waals surface area (Å²) in [5, 5.41) is 13.2. The van der Waals surface area contributed by atoms with Gasteiger partial charge in [-0.15, -0.1) is 0 Å². The maximum Gasteiger partial charge on any atom is 0.217 e. The van der Waals surface area contributed by atoms with Crippen molar-refractivity contribution in [1.29, 1.82) is 0 Å². The molecule has 5 heteroatoms. The summed E-state index contributed by atoms with van der Waals surface area (Å²) in [6.07, 6.45) is 4.13. The number of amides is 1. The Labute approximate surface area is 137 Å². The number of phenolic OH excluding ortho intramolecular Hbond substituents is 1. The number of carbonyl (C=O) groups is 1. The molecule has 4 atom stereocenters. The number of ether oxygens (including phenoxy) is 2. The van der Waals surface area contributed by atoms with E-state index in [0.717, 1.165) is 31.2 Å². The maximum atomic E-state index is 11.5. The van der Waals surface area contributed by atoms with Gasteiger partial charge in [0.15, 0.2) is 11.5 Å². The van der Waals surface area contributed by atoms with Crippen molar-refractivity contribution in [2.75, 3.05) is 6.61 Å². The zero-order chi connectivity index (χ0) is 16.4. The number of aromatic hydroxyl groups is 1. The predicted octanol–water partition coefficient (Wildman–Crippen LogP) is 2.93. The first-order chi connectivity index (χ1) is 11.1. The van der Waals surface area contributed by atoms with Crippen molar-refractivity contribution in [3.8, 4) is 11.5 Å². The van der Waals surface area contributed by atoms with Crippen molar-refractivity contribution < 1.29 is 19.4 Å². The number of hydrogen-bond donors (Lipinski definition) is 2. The summed E-state index contributed by atoms with van der Waals surface area (Å²) in [6.45, 7) is 3.97. The lowest BCUT2D eigenvalue weighted by atomic mass is 9.86. The third-order valence-electron chi connectivity index (χ3n) is 4.87. The molecular formula is C18H25NO4. The molecule has 2 fully saturated rings. The highest BCUT2D eigenvalue weighted by molar-refractivity contribution is 5.73. The van der Waals surface area contributed by atoms with Crippen LogP contribution in [0.25, 0.3) is 0 Å². The summed E-state index contributed by atoms with van der Waals surface area (Å²) in [4.78, 5) is 11.5. The van der Waals surface area contributed by atoms with Crippen LogP contribution in [0.1, 0.15) is 51.2 Å². The van der Waals surface area contributed by atoms with Gasteiger partial charge in [-0.2, -0.15) is 0 Å². The molecule has 5 nitrogen and oxygen atoms in total. The fraction of sp³-hybridized carbons (Fsp3) is 0.611. The topological polar surface area (TPSA) is 67.8 Å². The number of hydrogen-bond acceptors (Lipinski definition) is 4. The van der Waals surface area contributed by atoms with Crippen LogP contribution in [0.4, 0.5) is 0 Å². The Morgan fingerprint density at radius 2 is 2.26 bits per heavy atom. The van der Waals surface area contributed by atoms with Crippen LogP contribution in [0.3, 0.4) is 0 Å². The van der Waals surface area contributed by atoms with Crippen LogP contribution in [-0.2, 0) is 9.53 Å². The van der Waals surface area contributed by atoms with Crippen molar-refractivity contribution >= 4 is 5.91 Å². The summed E-state index contributed by atoms with van der Waals surface area (Å²) in [5.41, 5.74) is 0.937. The van der Waals surface area contributed by atoms with E-state index in [0.29, 0.717) is 18.3 Å². The minimum Gasteiger partial charge on any atom is -0.504 e. The van der Waals surface area contributed by atoms with Gasteiger partial charge in [-0.1, -0.05) is 12.5 Å². The zero-order valence-electron chi connectivity index (χ0n) is 13.7. The molecule has 1 amide bonds. The van der Waals surface area contributed by atoms with Gasteiger partial charge < -0.3 is 19.9 Å². The second kappa shape index (κ2) is 6.79. The van der Waals surface area contributed by atoms with Crippen LogP contribution in [0.15, 0.2) is 18.2 Å². The first-order valence-corrected chi connectivity index (χ1v) is 8.46. The first-order valence-electron chi connectivity index (χ1n) is 8.46. The molecule has 1 aliphatic heterocycles. The summed E-state index contributed by atoms with van der Waals surface area (Å²) in [5.74, 6) is 1.05. The van der Waals surface area contributed by atoms with Crippen LogP contribution in [0.5, 0.6) is 11.5 Å². The molecule has 0 bridgehead atoms. The van der Waals surface area contributed by atoms with Crippen molar-refractivity contribution in [3.63, 3.8) is 0 Å². The van der Waals surface area contributed by atoms with Gasteiger partial charge in [0.1, 0.15) is 0 Å². The number of carbonyl (C=O) groups excluding carboxylic acids is 1. The molecule has 0 unspecified atom stereocenters. The Morgan fingerprint density at radius 3 is 2.96 bits per heavy atom. The maximum absolute atomic E-state index is 11.5. The zero-order valence-corrected chi connectivity index (χ0v) is 13.7. The van der Waals surface area contributed by atoms with Gasteiger partial charge in [0.05, 0.1) is 18.8 Å². The summed E-state index contributed by atoms with van der Waals surface area (Å²) in [6, 6.07) is 5.59. The summed E-state index contributed by atoms with van der Waals surface area (Å²) < 4.78 is 11.6. The van der Waals surface area contributed by atoms with Crippen molar-refractivity contribution in [2.45, 2.75) is 57.8 Å². The standard InChI is InChI=1S/C18H25NO4/c1-3-22-17-8-7-12(9-15(17)21)18-10-14(19-11(2)20)13-5-4-6-16(13)23-18/h7-9,13-14,16,18,21H,3-6,10H2,1-2H3,(H,19,20)/t13-,14+,16+,18+/m1/s1. The van der Waals surface area contributed by atoms with Crippen molar-refractivity contribution in [2.24, 2.45) is 5.92 Å². The summed E-state index contributed by atoms with van der Waals surface area (Å²) in [7, 11) is 0. The molecule has 1 heterocycles. The number of phenols is 1. The van der Waals surface area contributed by atoms with Gasteiger partial charge in [-0.25, -0.2) is 0 Å². The molecule has 1 aromatic carbocycles. The van der Waals surface area contributed by atoms with Crippen molar-refractivity contribution in [1.82, 2.24) is 5.32 Å². The smallest absolute Gasteiger partial charge is 0.217 e. The lowest BCUT2D eigenvalue weighted by Crippen LogP contribution is -2.47. The van der Waals surface area contributed by atoms with E-state index in [1.165, 1.54) is 0 Å². The van der Waals surface area contributed by atoms with Crippen LogP contribution in [0, 0.1) is 5.92 Å². The van der Waals surface area contributed by atoms with E-state index in [9.17, 15) is 9.90 Å². The average molecular weight is 319 g/mol. The molecule has 0 aromatic heterocycles. The second-order valence-electron chi connectivity index (χ2n) is 6.46. The van der Waals surface area contributed by atoms with E-state index in [2.05, 4.69) is 5.32 Å². The van der Waals surface area contributed by atoms with E-state index in [4.69, 9.17) is 9.47 Å². The number of rotatable bonds is 4. The quantitative estimate of drug-likeness (QED) is 0.895. The fourth-order valence-electron chi connectivity index (χ4n) is 3.91. The Morgan fingerprint density at radius 1 is 1.43 bits per heavy atom. The number of nitrogens with one attached hydrogen (secondary N) is 1. The highest BCUT2D eigenvalue weighted by atomic mass is 16.5. The molecule has 1 aromatic rings. The first kappa shape index (κ1) is 16.1. The van der Waals surface area contributed by atoms with E-state index in [-0.39, 0.29) is 29.9 Å². The van der Waals surface area contributed by atoms with Crippen molar-refractivity contribution in [3.05, 3.63) is 23.8 Å². The van der Waals surface area contributed by atoms with Gasteiger partial charge in [-0.3, -0.25) is 4.79 Å². The Bertz CT molecular complexity index is 574. The van der Waals surface area contributed by atoms with Crippen LogP contribution in [-0.4, -0.2) is 29.8 Å². The monoisotopic (exact) mass is 319 g/mol. The van der Waals surface area contributed by atoms with Crippen LogP contribution in [0.2, 0.25) is 0 Å². The van der Waals surface area contributed by atoms with Gasteiger partial charge in [-0.05, 0) is 43.9 Å². The normalized spacial score (nSPS) is 29.8. The van der Waals surface area contributed by atoms with E-state index in [1.54, 1.807) is 19.1 Å². The molecular weight excluding hydrogens is 294 g/mol. The molecule has 0 spiro atoms. The summed E-state index contributed by atoms with van der Waals surface area (Å²) >= 11 is 0. The highest BCUT2D eigenvalue weighted by Crippen LogP contribution is 2.43. The minimum atomic E-state index is -0.104. The lowest BCUT2D eigenvalue weighted by molar-refractivity contribution is -0.124. The average Bonchev–Trinajstić information content (AvgIpc) is 2.97. The third kappa shape index (κ3) is 3.44. The molecule has 1 saturated heterocycles. The Hall–Kier alpha value is -1.75. The molecule has 2 N–H and O–H groups in total. The van der Waals surface area contributed by atoms with E-state index in [1.807, 2.05) is 13.0 Å². The largest absolute Gasteiger partial charge is 0.504 e. The molecule has 2 aliphatic rings. The lowest BCUT2D eigenvalue weighted by Gasteiger charge is -2.39. The highest BCUT2D eigenvalue weighted by Gasteiger charge is 2.42. The molecule has 1 saturated carbocycles. The predicted molar refractivity (Wildman–Crippen MR) is 86.5 cm³/mol. The van der Waals surface area contributed by atoms with Crippen LogP contribution >= 0.6 is 0 Å². The molecule has 3 rings (SSSR count). The fourth-order valence-corrected chi connectivity index (χ4v) is 3.91. The molecule has 23 heavy (non-hydrogen) atoms. The van der Waals surface area contributed by atoms with Gasteiger partial charge in [0, 0.05) is 18.9 Å².